The summed E-state index contributed by atoms with van der Waals surface area (Å²) < 4.78 is 20.1. The van der Waals surface area contributed by atoms with E-state index >= 15 is 0 Å². The molecule has 2 aromatic heterocycles. The molecule has 498 valence electrons. The molecule has 0 radical (unpaired) electrons. The Labute approximate surface area is 600 Å². The van der Waals surface area contributed by atoms with Crippen LogP contribution in [0.15, 0.2) is 339 Å². The van der Waals surface area contributed by atoms with Crippen LogP contribution < -0.4 is 20.0 Å². The highest BCUT2D eigenvalue weighted by molar-refractivity contribution is 9.10. The Balaban J connectivity index is 0.000000120. The predicted molar refractivity (Wildman–Crippen MR) is 419 cm³/mol. The number of benzene rings is 10. The standard InChI is InChI=1S/C25H24N2.C23H21BrN2.C23H21FN2.C17H14N2OS/c1-3-19-10-14-21(15-11-19)24-18-25(22-16-12-20(4-2)13-17-22)27(26-24)23-8-6-5-7-9-23;2*1-2-17-8-10-18(11-9-17)22-16-23(19-12-14-20(24)15-13-19)26(25-22)21-6-4-3-5-7-21;1-2-6-13(7-3-1)19-15(16-8-4-10-20-16)12-14(18-19)17-9-5-11-21-17/h4-17,25H,2-3,18H2,1H3;2*3-15,23H,2,16H2,1H3;1-11,15H,12H2. The topological polar surface area (TPSA) is 75.5 Å². The normalized spacial score (nSPS) is 16.8. The molecule has 16 rings (SSSR count). The van der Waals surface area contributed by atoms with Gasteiger partial charge in [-0.15, -0.1) is 11.3 Å². The quantitative estimate of drug-likeness (QED) is 0.0963. The number of thiophene rings is 1. The van der Waals surface area contributed by atoms with Crippen molar-refractivity contribution in [1.29, 1.82) is 0 Å². The summed E-state index contributed by atoms with van der Waals surface area (Å²) in [5.74, 6) is 0.739. The van der Waals surface area contributed by atoms with Gasteiger partial charge in [0.1, 0.15) is 17.6 Å². The van der Waals surface area contributed by atoms with Gasteiger partial charge in [0, 0.05) is 30.2 Å². The molecule has 10 aromatic carbocycles. The first kappa shape index (κ1) is 67.8. The van der Waals surface area contributed by atoms with E-state index in [-0.39, 0.29) is 30.0 Å². The fourth-order valence-corrected chi connectivity index (χ4v) is 13.9. The second kappa shape index (κ2) is 32.7. The van der Waals surface area contributed by atoms with Crippen molar-refractivity contribution in [3.63, 3.8) is 0 Å². The van der Waals surface area contributed by atoms with Crippen LogP contribution in [0.2, 0.25) is 0 Å². The molecule has 9 nitrogen and oxygen atoms in total. The molecule has 4 unspecified atom stereocenters. The van der Waals surface area contributed by atoms with E-state index in [1.54, 1.807) is 17.6 Å². The van der Waals surface area contributed by atoms with Crippen molar-refractivity contribution in [3.05, 3.63) is 386 Å². The van der Waals surface area contributed by atoms with Gasteiger partial charge in [-0.2, -0.15) is 20.4 Å². The highest BCUT2D eigenvalue weighted by Gasteiger charge is 2.34. The number of para-hydroxylation sites is 4. The Hall–Kier alpha value is -10.8. The summed E-state index contributed by atoms with van der Waals surface area (Å²) in [4.78, 5) is 1.23. The predicted octanol–water partition coefficient (Wildman–Crippen LogP) is 23.1. The molecule has 0 saturated heterocycles. The Bertz CT molecular complexity index is 4530. The third-order valence-corrected chi connectivity index (χ3v) is 20.0. The zero-order valence-electron chi connectivity index (χ0n) is 56.6. The molecule has 4 aliphatic heterocycles. The van der Waals surface area contributed by atoms with E-state index in [1.807, 2.05) is 78.9 Å². The number of aryl methyl sites for hydroxylation is 3. The lowest BCUT2D eigenvalue weighted by molar-refractivity contribution is 0.465. The van der Waals surface area contributed by atoms with Gasteiger partial charge in [-0.25, -0.2) is 4.39 Å². The number of nitrogens with zero attached hydrogens (tertiary/aromatic N) is 8. The largest absolute Gasteiger partial charge is 0.467 e. The minimum absolute atomic E-state index is 0.0684. The number of anilines is 4. The first-order valence-corrected chi connectivity index (χ1v) is 36.1. The van der Waals surface area contributed by atoms with Gasteiger partial charge in [-0.05, 0) is 171 Å². The number of furan rings is 1. The number of hydrazone groups is 4. The first-order valence-electron chi connectivity index (χ1n) is 34.4. The summed E-state index contributed by atoms with van der Waals surface area (Å²) in [5.41, 5.74) is 21.2. The van der Waals surface area contributed by atoms with Crippen molar-refractivity contribution >= 4 is 78.9 Å². The average molecular weight is 1400 g/mol. The average Bonchev–Trinajstić information content (AvgIpc) is 1.67. The van der Waals surface area contributed by atoms with Gasteiger partial charge in [0.15, 0.2) is 0 Å². The Morgan fingerprint density at radius 3 is 1.09 bits per heavy atom. The summed E-state index contributed by atoms with van der Waals surface area (Å²) in [7, 11) is 0. The molecule has 0 bridgehead atoms. The Morgan fingerprint density at radius 2 is 0.750 bits per heavy atom. The van der Waals surface area contributed by atoms with Gasteiger partial charge < -0.3 is 4.42 Å². The van der Waals surface area contributed by atoms with Gasteiger partial charge in [0.25, 0.3) is 0 Å². The van der Waals surface area contributed by atoms with Gasteiger partial charge in [-0.3, -0.25) is 20.0 Å². The van der Waals surface area contributed by atoms with E-state index in [0.29, 0.717) is 0 Å². The summed E-state index contributed by atoms with van der Waals surface area (Å²) in [6.07, 6.45) is 10.2. The lowest BCUT2D eigenvalue weighted by atomic mass is 9.96. The SMILES string of the molecule is C=Cc1ccc(C2CC(c3ccc(CC)cc3)=NN2c2ccccc2)cc1.CCc1ccc(C2=NN(c3ccccc3)C(c3ccc(Br)cc3)C2)cc1.CCc1ccc(C2=NN(c3ccccc3)C(c3ccc(F)cc3)C2)cc1.c1ccc(N2N=C(c3cccs3)CC2c2ccco2)cc1. The van der Waals surface area contributed by atoms with Crippen LogP contribution in [-0.4, -0.2) is 22.8 Å². The van der Waals surface area contributed by atoms with Crippen LogP contribution in [0, 0.1) is 5.82 Å². The van der Waals surface area contributed by atoms with Gasteiger partial charge in [0.05, 0.1) is 74.9 Å². The second-order valence-electron chi connectivity index (χ2n) is 24.9. The summed E-state index contributed by atoms with van der Waals surface area (Å²) in [5, 5.41) is 30.3. The lowest BCUT2D eigenvalue weighted by Gasteiger charge is -2.24. The molecule has 0 saturated carbocycles. The third kappa shape index (κ3) is 16.3. The summed E-state index contributed by atoms with van der Waals surface area (Å²) in [6.45, 7) is 10.4. The minimum Gasteiger partial charge on any atom is -0.467 e. The van der Waals surface area contributed by atoms with Crippen molar-refractivity contribution in [2.45, 2.75) is 89.9 Å². The molecule has 4 aliphatic rings. The summed E-state index contributed by atoms with van der Waals surface area (Å²) >= 11 is 5.26. The monoisotopic (exact) mass is 1390 g/mol. The minimum atomic E-state index is -0.214. The van der Waals surface area contributed by atoms with Crippen molar-refractivity contribution in [3.8, 4) is 0 Å². The van der Waals surface area contributed by atoms with E-state index in [4.69, 9.17) is 24.8 Å². The van der Waals surface area contributed by atoms with Crippen LogP contribution in [0.25, 0.3) is 6.08 Å². The maximum Gasteiger partial charge on any atom is 0.128 e. The van der Waals surface area contributed by atoms with Gasteiger partial charge in [-0.1, -0.05) is 250 Å². The number of rotatable bonds is 16. The highest BCUT2D eigenvalue weighted by atomic mass is 79.9. The molecule has 100 heavy (non-hydrogen) atoms. The molecule has 6 heterocycles. The second-order valence-corrected chi connectivity index (χ2v) is 26.8. The zero-order chi connectivity index (χ0) is 68.6. The molecule has 12 aromatic rings. The number of halogens is 2. The molecule has 0 N–H and O–H groups in total. The van der Waals surface area contributed by atoms with Gasteiger partial charge in [0.2, 0.25) is 0 Å². The fraction of sp³-hybridized carbons (Fsp3) is 0.159. The van der Waals surface area contributed by atoms with Crippen molar-refractivity contribution < 1.29 is 8.81 Å². The third-order valence-electron chi connectivity index (χ3n) is 18.6. The maximum absolute atomic E-state index is 13.4. The van der Waals surface area contributed by atoms with E-state index in [0.717, 1.165) is 117 Å². The van der Waals surface area contributed by atoms with Gasteiger partial charge >= 0.3 is 0 Å². The summed E-state index contributed by atoms with van der Waals surface area (Å²) in [6, 6.07) is 100. The lowest BCUT2D eigenvalue weighted by Crippen LogP contribution is -2.18. The zero-order valence-corrected chi connectivity index (χ0v) is 59.0. The maximum atomic E-state index is 13.4. The molecule has 0 fully saturated rings. The molecular weight excluding hydrogens is 1320 g/mol. The Kier molecular flexibility index (Phi) is 22.2. The molecular formula is C88H80BrFN8OS. The fourth-order valence-electron chi connectivity index (χ4n) is 12.9. The molecule has 12 heteroatoms. The van der Waals surface area contributed by atoms with E-state index in [2.05, 4.69) is 275 Å². The number of hydrogen-bond donors (Lipinski definition) is 0. The smallest absolute Gasteiger partial charge is 0.128 e. The van der Waals surface area contributed by atoms with Crippen molar-refractivity contribution in [1.82, 2.24) is 0 Å². The van der Waals surface area contributed by atoms with Crippen LogP contribution in [0.5, 0.6) is 0 Å². The van der Waals surface area contributed by atoms with E-state index in [9.17, 15) is 4.39 Å². The first-order chi connectivity index (χ1) is 49.2. The van der Waals surface area contributed by atoms with Crippen LogP contribution in [0.4, 0.5) is 27.1 Å². The number of hydrogen-bond acceptors (Lipinski definition) is 10. The highest BCUT2D eigenvalue weighted by Crippen LogP contribution is 2.42. The van der Waals surface area contributed by atoms with Crippen molar-refractivity contribution in [2.24, 2.45) is 20.4 Å². The molecule has 0 amide bonds. The van der Waals surface area contributed by atoms with Crippen molar-refractivity contribution in [2.75, 3.05) is 20.0 Å². The van der Waals surface area contributed by atoms with E-state index in [1.165, 1.54) is 56.0 Å². The van der Waals surface area contributed by atoms with Crippen LogP contribution in [-0.2, 0) is 19.3 Å². The van der Waals surface area contributed by atoms with Crippen LogP contribution >= 0.6 is 27.3 Å². The van der Waals surface area contributed by atoms with Crippen LogP contribution in [0.3, 0.4) is 0 Å². The molecule has 0 aliphatic carbocycles. The molecule has 0 spiro atoms. The van der Waals surface area contributed by atoms with Crippen LogP contribution in [0.1, 0.15) is 137 Å². The molecule has 4 atom stereocenters. The Morgan fingerprint density at radius 1 is 0.400 bits per heavy atom. The van der Waals surface area contributed by atoms with E-state index < -0.39 is 0 Å².